The van der Waals surface area contributed by atoms with Gasteiger partial charge in [-0.3, -0.25) is 9.69 Å². The number of carbonyl (C=O) groups excluding carboxylic acids is 1. The Kier molecular flexibility index (Phi) is 8.57. The number of hydrogen-bond donors (Lipinski definition) is 1. The van der Waals surface area contributed by atoms with Crippen molar-refractivity contribution in [3.63, 3.8) is 0 Å². The zero-order chi connectivity index (χ0) is 11.4. The van der Waals surface area contributed by atoms with Gasteiger partial charge in [-0.05, 0) is 12.1 Å². The van der Waals surface area contributed by atoms with Gasteiger partial charge in [-0.2, -0.15) is 0 Å². The fourth-order valence-electron chi connectivity index (χ4n) is 1.84. The van der Waals surface area contributed by atoms with Crippen LogP contribution in [0.5, 0.6) is 0 Å². The van der Waals surface area contributed by atoms with E-state index in [9.17, 15) is 4.79 Å². The molecule has 1 aromatic carbocycles. The van der Waals surface area contributed by atoms with E-state index in [1.165, 1.54) is 0 Å². The Bertz CT molecular complexity index is 381. The summed E-state index contributed by atoms with van der Waals surface area (Å²) in [6.45, 7) is 4.23. The monoisotopic (exact) mass is 310 g/mol. The predicted molar refractivity (Wildman–Crippen MR) is 79.6 cm³/mol. The van der Waals surface area contributed by atoms with Crippen LogP contribution in [0.25, 0.3) is 0 Å². The minimum Gasteiger partial charge on any atom is -0.314 e. The Morgan fingerprint density at radius 3 is 2.44 bits per heavy atom. The summed E-state index contributed by atoms with van der Waals surface area (Å²) in [5.41, 5.74) is 0.627. The van der Waals surface area contributed by atoms with Crippen molar-refractivity contribution in [3.8, 4) is 0 Å². The molecule has 1 aliphatic rings. The standard InChI is InChI=1S/C12H15ClN2O.2ClH/c13-11-4-2-1-3-10(11)12(16)9-15-7-5-14-6-8-15;;/h1-4,14H,5-9H2;2*1H. The van der Waals surface area contributed by atoms with Gasteiger partial charge in [-0.15, -0.1) is 24.8 Å². The van der Waals surface area contributed by atoms with E-state index < -0.39 is 0 Å². The molecule has 0 atom stereocenters. The number of benzene rings is 1. The van der Waals surface area contributed by atoms with E-state index in [0.29, 0.717) is 17.1 Å². The number of halogens is 3. The number of Topliss-reactive ketones (excluding diaryl/α,β-unsaturated/α-hetero) is 1. The van der Waals surface area contributed by atoms with Gasteiger partial charge in [0.05, 0.1) is 11.6 Å². The molecule has 2 rings (SSSR count). The van der Waals surface area contributed by atoms with Gasteiger partial charge in [0.25, 0.3) is 0 Å². The fourth-order valence-corrected chi connectivity index (χ4v) is 2.09. The van der Waals surface area contributed by atoms with Crippen LogP contribution in [0.3, 0.4) is 0 Å². The third kappa shape index (κ3) is 4.75. The highest BCUT2D eigenvalue weighted by Crippen LogP contribution is 2.15. The van der Waals surface area contributed by atoms with Crippen LogP contribution in [-0.2, 0) is 0 Å². The van der Waals surface area contributed by atoms with Crippen LogP contribution < -0.4 is 5.32 Å². The van der Waals surface area contributed by atoms with Crippen molar-refractivity contribution in [2.45, 2.75) is 0 Å². The molecule has 1 heterocycles. The maximum absolute atomic E-state index is 12.0. The van der Waals surface area contributed by atoms with E-state index in [1.54, 1.807) is 12.1 Å². The molecule has 1 fully saturated rings. The minimum atomic E-state index is 0. The van der Waals surface area contributed by atoms with Gasteiger partial charge in [0, 0.05) is 31.7 Å². The summed E-state index contributed by atoms with van der Waals surface area (Å²) in [7, 11) is 0. The van der Waals surface area contributed by atoms with E-state index in [2.05, 4.69) is 10.2 Å². The van der Waals surface area contributed by atoms with Crippen molar-refractivity contribution >= 4 is 42.2 Å². The molecule has 18 heavy (non-hydrogen) atoms. The Hall–Kier alpha value is -0.320. The summed E-state index contributed by atoms with van der Waals surface area (Å²) in [5, 5.41) is 3.80. The summed E-state index contributed by atoms with van der Waals surface area (Å²) in [6.07, 6.45) is 0. The van der Waals surface area contributed by atoms with E-state index in [1.807, 2.05) is 12.1 Å². The van der Waals surface area contributed by atoms with Gasteiger partial charge in [0.2, 0.25) is 0 Å². The van der Waals surface area contributed by atoms with Crippen LogP contribution in [0.2, 0.25) is 5.02 Å². The lowest BCUT2D eigenvalue weighted by Gasteiger charge is -2.26. The van der Waals surface area contributed by atoms with Crippen LogP contribution in [0.1, 0.15) is 10.4 Å². The molecule has 0 amide bonds. The highest BCUT2D eigenvalue weighted by Gasteiger charge is 2.16. The molecule has 6 heteroatoms. The quantitative estimate of drug-likeness (QED) is 0.869. The van der Waals surface area contributed by atoms with Crippen molar-refractivity contribution in [1.29, 1.82) is 0 Å². The minimum absolute atomic E-state index is 0. The van der Waals surface area contributed by atoms with Crippen LogP contribution >= 0.6 is 36.4 Å². The van der Waals surface area contributed by atoms with Gasteiger partial charge in [0.15, 0.2) is 5.78 Å². The molecular formula is C12H17Cl3N2O. The summed E-state index contributed by atoms with van der Waals surface area (Å²) < 4.78 is 0. The third-order valence-electron chi connectivity index (χ3n) is 2.75. The number of piperazine rings is 1. The van der Waals surface area contributed by atoms with E-state index in [4.69, 9.17) is 11.6 Å². The van der Waals surface area contributed by atoms with Crippen LogP contribution in [0.15, 0.2) is 24.3 Å². The number of carbonyl (C=O) groups is 1. The molecule has 1 saturated heterocycles. The van der Waals surface area contributed by atoms with Crippen molar-refractivity contribution in [1.82, 2.24) is 10.2 Å². The van der Waals surface area contributed by atoms with Crippen molar-refractivity contribution in [2.24, 2.45) is 0 Å². The first-order valence-corrected chi connectivity index (χ1v) is 5.86. The van der Waals surface area contributed by atoms with Crippen molar-refractivity contribution < 1.29 is 4.79 Å². The molecule has 1 aliphatic heterocycles. The first-order chi connectivity index (χ1) is 7.77. The van der Waals surface area contributed by atoms with Crippen LogP contribution in [0.4, 0.5) is 0 Å². The van der Waals surface area contributed by atoms with E-state index in [0.717, 1.165) is 26.2 Å². The molecule has 0 bridgehead atoms. The second kappa shape index (κ2) is 8.73. The predicted octanol–water partition coefficient (Wildman–Crippen LogP) is 2.27. The Morgan fingerprint density at radius 2 is 1.83 bits per heavy atom. The Balaban J connectivity index is 0.00000144. The summed E-state index contributed by atoms with van der Waals surface area (Å²) >= 11 is 5.99. The normalized spacial score (nSPS) is 15.4. The third-order valence-corrected chi connectivity index (χ3v) is 3.08. The highest BCUT2D eigenvalue weighted by molar-refractivity contribution is 6.34. The number of nitrogens with one attached hydrogen (secondary N) is 1. The smallest absolute Gasteiger partial charge is 0.178 e. The number of rotatable bonds is 3. The lowest BCUT2D eigenvalue weighted by Crippen LogP contribution is -2.45. The molecule has 102 valence electrons. The molecule has 0 unspecified atom stereocenters. The number of nitrogens with zero attached hydrogens (tertiary/aromatic N) is 1. The Labute approximate surface area is 125 Å². The second-order valence-electron chi connectivity index (χ2n) is 3.93. The van der Waals surface area contributed by atoms with E-state index >= 15 is 0 Å². The maximum atomic E-state index is 12.0. The van der Waals surface area contributed by atoms with Gasteiger partial charge >= 0.3 is 0 Å². The van der Waals surface area contributed by atoms with Gasteiger partial charge in [-0.25, -0.2) is 0 Å². The van der Waals surface area contributed by atoms with Crippen molar-refractivity contribution in [3.05, 3.63) is 34.9 Å². The molecule has 0 aliphatic carbocycles. The number of ketones is 1. The number of hydrogen-bond acceptors (Lipinski definition) is 3. The summed E-state index contributed by atoms with van der Waals surface area (Å²) in [6, 6.07) is 7.22. The molecule has 0 radical (unpaired) electrons. The average molecular weight is 312 g/mol. The Morgan fingerprint density at radius 1 is 1.22 bits per heavy atom. The largest absolute Gasteiger partial charge is 0.314 e. The molecule has 0 spiro atoms. The fraction of sp³-hybridized carbons (Fsp3) is 0.417. The van der Waals surface area contributed by atoms with Crippen molar-refractivity contribution in [2.75, 3.05) is 32.7 Å². The lowest BCUT2D eigenvalue weighted by atomic mass is 10.1. The zero-order valence-electron chi connectivity index (χ0n) is 9.89. The SMILES string of the molecule is Cl.Cl.O=C(CN1CCNCC1)c1ccccc1Cl. The first-order valence-electron chi connectivity index (χ1n) is 5.48. The van der Waals surface area contributed by atoms with Crippen LogP contribution in [0, 0.1) is 0 Å². The second-order valence-corrected chi connectivity index (χ2v) is 4.34. The van der Waals surface area contributed by atoms with Gasteiger partial charge in [-0.1, -0.05) is 23.7 Å². The average Bonchev–Trinajstić information content (AvgIpc) is 2.31. The lowest BCUT2D eigenvalue weighted by molar-refractivity contribution is 0.0921. The summed E-state index contributed by atoms with van der Waals surface area (Å²) in [5.74, 6) is 0.104. The molecule has 0 saturated carbocycles. The molecule has 1 N–H and O–H groups in total. The molecule has 1 aromatic rings. The van der Waals surface area contributed by atoms with Gasteiger partial charge in [0.1, 0.15) is 0 Å². The first kappa shape index (κ1) is 17.7. The summed E-state index contributed by atoms with van der Waals surface area (Å²) in [4.78, 5) is 14.1. The zero-order valence-corrected chi connectivity index (χ0v) is 12.3. The van der Waals surface area contributed by atoms with E-state index in [-0.39, 0.29) is 30.6 Å². The molecular weight excluding hydrogens is 295 g/mol. The topological polar surface area (TPSA) is 32.3 Å². The van der Waals surface area contributed by atoms with Gasteiger partial charge < -0.3 is 5.32 Å². The van der Waals surface area contributed by atoms with Crippen LogP contribution in [-0.4, -0.2) is 43.4 Å². The maximum Gasteiger partial charge on any atom is 0.178 e. The highest BCUT2D eigenvalue weighted by atomic mass is 35.5. The molecule has 0 aromatic heterocycles. The molecule has 3 nitrogen and oxygen atoms in total.